The Morgan fingerprint density at radius 2 is 2.14 bits per heavy atom. The van der Waals surface area contributed by atoms with E-state index in [2.05, 4.69) is 60.5 Å². The van der Waals surface area contributed by atoms with Gasteiger partial charge in [-0.3, -0.25) is 4.98 Å². The Labute approximate surface area is 126 Å². The molecule has 110 valence electrons. The molecule has 0 bridgehead atoms. The van der Waals surface area contributed by atoms with Crippen molar-refractivity contribution in [2.45, 2.75) is 26.8 Å². The minimum atomic E-state index is 0.830. The van der Waals surface area contributed by atoms with Gasteiger partial charge in [0.05, 0.1) is 11.2 Å². The Balaban J connectivity index is 2.04. The highest BCUT2D eigenvalue weighted by Crippen LogP contribution is 2.29. The van der Waals surface area contributed by atoms with Gasteiger partial charge >= 0.3 is 0 Å². The lowest BCUT2D eigenvalue weighted by molar-refractivity contribution is 0.711. The highest BCUT2D eigenvalue weighted by Gasteiger charge is 2.15. The Morgan fingerprint density at radius 3 is 2.95 bits per heavy atom. The van der Waals surface area contributed by atoms with Crippen LogP contribution in [-0.2, 0) is 6.54 Å². The van der Waals surface area contributed by atoms with Crippen LogP contribution < -0.4 is 10.2 Å². The van der Waals surface area contributed by atoms with E-state index in [-0.39, 0.29) is 0 Å². The molecule has 0 saturated carbocycles. The molecule has 0 aliphatic carbocycles. The fourth-order valence-corrected chi connectivity index (χ4v) is 2.93. The van der Waals surface area contributed by atoms with E-state index in [1.165, 1.54) is 16.6 Å². The number of nitrogens with zero attached hydrogens (tertiary/aromatic N) is 2. The minimum absolute atomic E-state index is 0.830. The molecule has 0 saturated heterocycles. The zero-order valence-corrected chi connectivity index (χ0v) is 12.9. The molecule has 2 heterocycles. The first kappa shape index (κ1) is 14.1. The van der Waals surface area contributed by atoms with Crippen molar-refractivity contribution in [2.24, 2.45) is 0 Å². The molecule has 2 aromatic rings. The summed E-state index contributed by atoms with van der Waals surface area (Å²) in [5, 5.41) is 4.63. The van der Waals surface area contributed by atoms with Gasteiger partial charge < -0.3 is 10.2 Å². The zero-order chi connectivity index (χ0) is 14.7. The molecule has 1 aromatic carbocycles. The topological polar surface area (TPSA) is 28.2 Å². The molecule has 3 heteroatoms. The molecular weight excluding hydrogens is 258 g/mol. The average molecular weight is 281 g/mol. The predicted molar refractivity (Wildman–Crippen MR) is 89.7 cm³/mol. The largest absolute Gasteiger partial charge is 0.367 e. The Bertz CT molecular complexity index is 661. The average Bonchev–Trinajstić information content (AvgIpc) is 2.52. The Kier molecular flexibility index (Phi) is 4.20. The van der Waals surface area contributed by atoms with Gasteiger partial charge in [0.2, 0.25) is 0 Å². The van der Waals surface area contributed by atoms with Crippen molar-refractivity contribution in [2.75, 3.05) is 24.5 Å². The molecular formula is C18H23N3. The molecule has 1 aliphatic heterocycles. The summed E-state index contributed by atoms with van der Waals surface area (Å²) in [7, 11) is 0. The van der Waals surface area contributed by atoms with Crippen LogP contribution in [0, 0.1) is 0 Å². The maximum Gasteiger partial charge on any atom is 0.0726 e. The lowest BCUT2D eigenvalue weighted by Crippen LogP contribution is -2.29. The second-order valence-corrected chi connectivity index (χ2v) is 5.69. The summed E-state index contributed by atoms with van der Waals surface area (Å²) in [5.41, 5.74) is 4.99. The van der Waals surface area contributed by atoms with Crippen LogP contribution in [0.2, 0.25) is 0 Å². The van der Waals surface area contributed by atoms with E-state index in [4.69, 9.17) is 4.98 Å². The number of fused-ring (bicyclic) bond motifs is 1. The molecule has 0 amide bonds. The molecule has 0 spiro atoms. The van der Waals surface area contributed by atoms with Crippen LogP contribution >= 0.6 is 0 Å². The maximum atomic E-state index is 4.78. The number of hydrogen-bond donors (Lipinski definition) is 1. The number of hydrogen-bond acceptors (Lipinski definition) is 3. The van der Waals surface area contributed by atoms with Crippen molar-refractivity contribution in [1.82, 2.24) is 10.3 Å². The Hall–Kier alpha value is -1.87. The highest BCUT2D eigenvalue weighted by molar-refractivity contribution is 5.92. The second kappa shape index (κ2) is 6.27. The summed E-state index contributed by atoms with van der Waals surface area (Å²) in [5.74, 6) is 0. The molecule has 0 atom stereocenters. The van der Waals surface area contributed by atoms with Crippen molar-refractivity contribution in [3.8, 4) is 0 Å². The summed E-state index contributed by atoms with van der Waals surface area (Å²) >= 11 is 0. The van der Waals surface area contributed by atoms with Crippen LogP contribution in [0.3, 0.4) is 0 Å². The van der Waals surface area contributed by atoms with Crippen LogP contribution in [-0.4, -0.2) is 24.6 Å². The van der Waals surface area contributed by atoms with Gasteiger partial charge in [0.1, 0.15) is 0 Å². The lowest BCUT2D eigenvalue weighted by atomic mass is 10.1. The van der Waals surface area contributed by atoms with E-state index in [0.717, 1.165) is 43.8 Å². The van der Waals surface area contributed by atoms with E-state index in [1.54, 1.807) is 0 Å². The third kappa shape index (κ3) is 3.08. The van der Waals surface area contributed by atoms with E-state index < -0.39 is 0 Å². The number of nitrogens with one attached hydrogen (secondary N) is 1. The van der Waals surface area contributed by atoms with Gasteiger partial charge in [-0.05, 0) is 32.0 Å². The van der Waals surface area contributed by atoms with Crippen molar-refractivity contribution < 1.29 is 0 Å². The fourth-order valence-electron chi connectivity index (χ4n) is 2.93. The first-order valence-corrected chi connectivity index (χ1v) is 7.78. The van der Waals surface area contributed by atoms with Crippen molar-refractivity contribution in [3.63, 3.8) is 0 Å². The second-order valence-electron chi connectivity index (χ2n) is 5.69. The number of benzene rings is 1. The SMILES string of the molecule is CCNCc1cc(N2CCC=C(C)C2)c2ccccc2n1. The standard InChI is InChI=1S/C18H23N3/c1-3-19-12-15-11-18(21-10-6-7-14(2)13-21)16-8-4-5-9-17(16)20-15/h4-5,7-9,11,19H,3,6,10,12-13H2,1-2H3. The molecule has 1 N–H and O–H groups in total. The van der Waals surface area contributed by atoms with Crippen LogP contribution in [0.4, 0.5) is 5.69 Å². The first-order valence-electron chi connectivity index (χ1n) is 7.78. The summed E-state index contributed by atoms with van der Waals surface area (Å²) in [6, 6.07) is 10.7. The third-order valence-electron chi connectivity index (χ3n) is 3.98. The number of aromatic nitrogens is 1. The molecule has 1 aliphatic rings. The van der Waals surface area contributed by atoms with E-state index >= 15 is 0 Å². The molecule has 21 heavy (non-hydrogen) atoms. The van der Waals surface area contributed by atoms with Gasteiger partial charge in [-0.15, -0.1) is 0 Å². The van der Waals surface area contributed by atoms with Crippen LogP contribution in [0.15, 0.2) is 42.0 Å². The Morgan fingerprint density at radius 1 is 1.29 bits per heavy atom. The quantitative estimate of drug-likeness (QED) is 0.869. The van der Waals surface area contributed by atoms with Crippen molar-refractivity contribution >= 4 is 16.6 Å². The third-order valence-corrected chi connectivity index (χ3v) is 3.98. The smallest absolute Gasteiger partial charge is 0.0726 e. The highest BCUT2D eigenvalue weighted by atomic mass is 15.1. The van der Waals surface area contributed by atoms with Gasteiger partial charge in [0, 0.05) is 30.7 Å². The summed E-state index contributed by atoms with van der Waals surface area (Å²) in [6.07, 6.45) is 3.48. The van der Waals surface area contributed by atoms with Crippen LogP contribution in [0.1, 0.15) is 26.0 Å². The fraction of sp³-hybridized carbons (Fsp3) is 0.389. The molecule has 3 nitrogen and oxygen atoms in total. The van der Waals surface area contributed by atoms with E-state index in [0.29, 0.717) is 0 Å². The van der Waals surface area contributed by atoms with E-state index in [9.17, 15) is 0 Å². The molecule has 3 rings (SSSR count). The lowest BCUT2D eigenvalue weighted by Gasteiger charge is -2.29. The number of para-hydroxylation sites is 1. The van der Waals surface area contributed by atoms with Crippen molar-refractivity contribution in [1.29, 1.82) is 0 Å². The zero-order valence-electron chi connectivity index (χ0n) is 12.9. The van der Waals surface area contributed by atoms with Gasteiger partial charge in [-0.25, -0.2) is 0 Å². The molecule has 1 aromatic heterocycles. The molecule has 0 radical (unpaired) electrons. The summed E-state index contributed by atoms with van der Waals surface area (Å²) < 4.78 is 0. The normalized spacial score (nSPS) is 15.3. The number of rotatable bonds is 4. The van der Waals surface area contributed by atoms with Gasteiger partial charge in [-0.1, -0.05) is 36.8 Å². The molecule has 0 fully saturated rings. The minimum Gasteiger partial charge on any atom is -0.367 e. The maximum absolute atomic E-state index is 4.78. The number of anilines is 1. The molecule has 0 unspecified atom stereocenters. The van der Waals surface area contributed by atoms with Crippen LogP contribution in [0.25, 0.3) is 10.9 Å². The van der Waals surface area contributed by atoms with E-state index in [1.807, 2.05) is 0 Å². The van der Waals surface area contributed by atoms with Gasteiger partial charge in [0.15, 0.2) is 0 Å². The van der Waals surface area contributed by atoms with Crippen LogP contribution in [0.5, 0.6) is 0 Å². The van der Waals surface area contributed by atoms with Gasteiger partial charge in [-0.2, -0.15) is 0 Å². The first-order chi connectivity index (χ1) is 10.3. The van der Waals surface area contributed by atoms with Gasteiger partial charge in [0.25, 0.3) is 0 Å². The predicted octanol–water partition coefficient (Wildman–Crippen LogP) is 3.50. The monoisotopic (exact) mass is 281 g/mol. The number of pyridine rings is 1. The van der Waals surface area contributed by atoms with Crippen molar-refractivity contribution in [3.05, 3.63) is 47.7 Å². The summed E-state index contributed by atoms with van der Waals surface area (Å²) in [4.78, 5) is 7.26. The summed E-state index contributed by atoms with van der Waals surface area (Å²) in [6.45, 7) is 8.25.